The first-order valence-corrected chi connectivity index (χ1v) is 6.41. The second-order valence-corrected chi connectivity index (χ2v) is 4.33. The van der Waals surface area contributed by atoms with Crippen LogP contribution in [0.1, 0.15) is 23.0 Å². The van der Waals surface area contributed by atoms with E-state index in [0.717, 1.165) is 0 Å². The van der Waals surface area contributed by atoms with Gasteiger partial charge in [0.25, 0.3) is 0 Å². The van der Waals surface area contributed by atoms with Crippen molar-refractivity contribution in [3.8, 4) is 5.75 Å². The number of hydrogen-bond acceptors (Lipinski definition) is 5. The van der Waals surface area contributed by atoms with E-state index in [-0.39, 0.29) is 24.3 Å². The number of hydrogen-bond donors (Lipinski definition) is 1. The van der Waals surface area contributed by atoms with Crippen LogP contribution < -0.4 is 4.74 Å². The van der Waals surface area contributed by atoms with Crippen LogP contribution in [0.5, 0.6) is 5.75 Å². The van der Waals surface area contributed by atoms with Crippen molar-refractivity contribution >= 4 is 22.8 Å². The summed E-state index contributed by atoms with van der Waals surface area (Å²) >= 11 is 0. The lowest BCUT2D eigenvalue weighted by Crippen LogP contribution is -2.13. The average Bonchev–Trinajstić information content (AvgIpc) is 2.45. The number of carboxylic acids is 1. The lowest BCUT2D eigenvalue weighted by atomic mass is 10.1. The molecule has 21 heavy (non-hydrogen) atoms. The number of pyridine rings is 1. The average molecular weight is 289 g/mol. The normalized spacial score (nSPS) is 10.4. The van der Waals surface area contributed by atoms with Gasteiger partial charge in [-0.1, -0.05) is 0 Å². The van der Waals surface area contributed by atoms with Gasteiger partial charge in [0, 0.05) is 11.5 Å². The van der Waals surface area contributed by atoms with E-state index >= 15 is 0 Å². The van der Waals surface area contributed by atoms with Gasteiger partial charge in [-0.3, -0.25) is 9.78 Å². The summed E-state index contributed by atoms with van der Waals surface area (Å²) in [5, 5.41) is 9.92. The minimum Gasteiger partial charge on any atom is -0.497 e. The van der Waals surface area contributed by atoms with Gasteiger partial charge in [-0.2, -0.15) is 0 Å². The monoisotopic (exact) mass is 289 g/mol. The number of nitrogens with zero attached hydrogens (tertiary/aromatic N) is 1. The molecule has 0 saturated heterocycles. The Morgan fingerprint density at radius 2 is 2.05 bits per heavy atom. The number of carboxylic acid groups (broad SMARTS) is 1. The van der Waals surface area contributed by atoms with Gasteiger partial charge >= 0.3 is 11.9 Å². The highest BCUT2D eigenvalue weighted by Gasteiger charge is 2.17. The third kappa shape index (κ3) is 3.28. The number of fused-ring (bicyclic) bond motifs is 1. The van der Waals surface area contributed by atoms with Crippen LogP contribution >= 0.6 is 0 Å². The zero-order valence-corrected chi connectivity index (χ0v) is 11.8. The maximum absolute atomic E-state index is 11.6. The molecule has 0 radical (unpaired) electrons. The molecule has 2 aromatic rings. The summed E-state index contributed by atoms with van der Waals surface area (Å²) in [5.74, 6) is -1.02. The molecule has 1 heterocycles. The van der Waals surface area contributed by atoms with Crippen molar-refractivity contribution in [2.24, 2.45) is 0 Å². The molecule has 110 valence electrons. The van der Waals surface area contributed by atoms with E-state index in [1.54, 1.807) is 25.1 Å². The van der Waals surface area contributed by atoms with Gasteiger partial charge < -0.3 is 14.6 Å². The van der Waals surface area contributed by atoms with Crippen LogP contribution in [0.25, 0.3) is 10.9 Å². The molecule has 6 heteroatoms. The number of benzene rings is 1. The number of aromatic nitrogens is 1. The Labute approximate surface area is 121 Å². The predicted molar refractivity (Wildman–Crippen MR) is 75.6 cm³/mol. The predicted octanol–water partition coefficient (Wildman–Crippen LogP) is 2.05. The highest BCUT2D eigenvalue weighted by molar-refractivity contribution is 5.95. The van der Waals surface area contributed by atoms with Crippen LogP contribution in [-0.2, 0) is 16.0 Å². The van der Waals surface area contributed by atoms with Crippen LogP contribution in [0.15, 0.2) is 24.3 Å². The zero-order valence-electron chi connectivity index (χ0n) is 11.8. The van der Waals surface area contributed by atoms with Crippen molar-refractivity contribution in [1.82, 2.24) is 4.98 Å². The molecule has 0 saturated carbocycles. The summed E-state index contributed by atoms with van der Waals surface area (Å²) in [7, 11) is 1.53. The van der Waals surface area contributed by atoms with Gasteiger partial charge in [-0.25, -0.2) is 4.79 Å². The van der Waals surface area contributed by atoms with Gasteiger partial charge in [0.2, 0.25) is 0 Å². The Morgan fingerprint density at radius 3 is 2.67 bits per heavy atom. The molecular formula is C15H15NO5. The molecule has 6 nitrogen and oxygen atoms in total. The first-order chi connectivity index (χ1) is 10.0. The summed E-state index contributed by atoms with van der Waals surface area (Å²) < 4.78 is 9.95. The molecule has 1 N–H and O–H groups in total. The van der Waals surface area contributed by atoms with Gasteiger partial charge in [0.05, 0.1) is 36.9 Å². The quantitative estimate of drug-likeness (QED) is 0.848. The first kappa shape index (κ1) is 14.8. The second kappa shape index (κ2) is 6.21. The van der Waals surface area contributed by atoms with Crippen molar-refractivity contribution < 1.29 is 24.2 Å². The fourth-order valence-corrected chi connectivity index (χ4v) is 1.98. The van der Waals surface area contributed by atoms with Crippen LogP contribution in [0.3, 0.4) is 0 Å². The van der Waals surface area contributed by atoms with E-state index in [0.29, 0.717) is 16.7 Å². The van der Waals surface area contributed by atoms with E-state index in [2.05, 4.69) is 4.98 Å². The molecule has 0 amide bonds. The molecule has 0 atom stereocenters. The first-order valence-electron chi connectivity index (χ1n) is 6.41. The maximum Gasteiger partial charge on any atom is 0.337 e. The molecule has 0 fully saturated rings. The molecule has 0 aliphatic heterocycles. The minimum absolute atomic E-state index is 0.000667. The van der Waals surface area contributed by atoms with Crippen LogP contribution in [0, 0.1) is 0 Å². The smallest absolute Gasteiger partial charge is 0.337 e. The molecule has 0 bridgehead atoms. The molecule has 1 aromatic heterocycles. The molecule has 0 aliphatic rings. The Bertz CT molecular complexity index is 696. The Balaban J connectivity index is 2.51. The number of ether oxygens (including phenoxy) is 2. The van der Waals surface area contributed by atoms with Crippen molar-refractivity contribution in [1.29, 1.82) is 0 Å². The van der Waals surface area contributed by atoms with E-state index in [9.17, 15) is 14.7 Å². The fraction of sp³-hybridized carbons (Fsp3) is 0.267. The number of methoxy groups -OCH3 is 1. The van der Waals surface area contributed by atoms with E-state index in [1.807, 2.05) is 0 Å². The number of rotatable bonds is 5. The molecule has 0 unspecified atom stereocenters. The summed E-state index contributed by atoms with van der Waals surface area (Å²) in [4.78, 5) is 27.1. The second-order valence-electron chi connectivity index (χ2n) is 4.33. The lowest BCUT2D eigenvalue weighted by molar-refractivity contribution is -0.142. The topological polar surface area (TPSA) is 85.7 Å². The Kier molecular flexibility index (Phi) is 4.37. The summed E-state index contributed by atoms with van der Waals surface area (Å²) in [6.45, 7) is 1.93. The SMILES string of the molecule is CCOC(=O)Cc1nc2cc(OC)ccc2cc1C(=O)O. The molecular weight excluding hydrogens is 274 g/mol. The molecule has 1 aromatic carbocycles. The fourth-order valence-electron chi connectivity index (χ4n) is 1.98. The summed E-state index contributed by atoms with van der Waals surface area (Å²) in [6, 6.07) is 6.64. The van der Waals surface area contributed by atoms with Gasteiger partial charge in [-0.15, -0.1) is 0 Å². The molecule has 0 aliphatic carbocycles. The number of carbonyl (C=O) groups excluding carboxylic acids is 1. The third-order valence-corrected chi connectivity index (χ3v) is 2.95. The van der Waals surface area contributed by atoms with Gasteiger partial charge in [0.1, 0.15) is 5.75 Å². The highest BCUT2D eigenvalue weighted by atomic mass is 16.5. The molecule has 0 spiro atoms. The van der Waals surface area contributed by atoms with Crippen molar-refractivity contribution in [3.63, 3.8) is 0 Å². The Morgan fingerprint density at radius 1 is 1.29 bits per heavy atom. The lowest BCUT2D eigenvalue weighted by Gasteiger charge is -2.08. The zero-order chi connectivity index (χ0) is 15.4. The van der Waals surface area contributed by atoms with Crippen LogP contribution in [0.4, 0.5) is 0 Å². The van der Waals surface area contributed by atoms with E-state index in [4.69, 9.17) is 9.47 Å². The molecule has 2 rings (SSSR count). The van der Waals surface area contributed by atoms with Gasteiger partial charge in [-0.05, 0) is 25.1 Å². The standard InChI is InChI=1S/C15H15NO5/c1-3-21-14(17)8-13-11(15(18)19)6-9-4-5-10(20-2)7-12(9)16-13/h4-7H,3,8H2,1-2H3,(H,18,19). The summed E-state index contributed by atoms with van der Waals surface area (Å²) in [5.41, 5.74) is 0.751. The minimum atomic E-state index is -1.13. The highest BCUT2D eigenvalue weighted by Crippen LogP contribution is 2.22. The maximum atomic E-state index is 11.6. The third-order valence-electron chi connectivity index (χ3n) is 2.95. The van der Waals surface area contributed by atoms with Crippen molar-refractivity contribution in [2.75, 3.05) is 13.7 Å². The van der Waals surface area contributed by atoms with E-state index in [1.165, 1.54) is 13.2 Å². The largest absolute Gasteiger partial charge is 0.497 e. The number of aromatic carboxylic acids is 1. The van der Waals surface area contributed by atoms with Crippen molar-refractivity contribution in [2.45, 2.75) is 13.3 Å². The van der Waals surface area contributed by atoms with Gasteiger partial charge in [0.15, 0.2) is 0 Å². The number of esters is 1. The van der Waals surface area contributed by atoms with Crippen LogP contribution in [0.2, 0.25) is 0 Å². The van der Waals surface area contributed by atoms with Crippen LogP contribution in [-0.4, -0.2) is 35.7 Å². The van der Waals surface area contributed by atoms with E-state index < -0.39 is 11.9 Å². The Hall–Kier alpha value is -2.63. The number of carbonyl (C=O) groups is 2. The van der Waals surface area contributed by atoms with Crippen molar-refractivity contribution in [3.05, 3.63) is 35.5 Å². The summed E-state index contributed by atoms with van der Waals surface area (Å²) in [6.07, 6.45) is -0.178.